The summed E-state index contributed by atoms with van der Waals surface area (Å²) < 4.78 is 41.0. The van der Waals surface area contributed by atoms with Gasteiger partial charge < -0.3 is 18.6 Å². The van der Waals surface area contributed by atoms with Crippen molar-refractivity contribution in [1.82, 2.24) is 9.55 Å². The Hall–Kier alpha value is -3.11. The third-order valence-electron chi connectivity index (χ3n) is 9.53. The van der Waals surface area contributed by atoms with Crippen LogP contribution in [0.4, 0.5) is 0 Å². The molecule has 1 saturated heterocycles. The Morgan fingerprint density at radius 2 is 1.38 bits per heavy atom. The Morgan fingerprint density at radius 1 is 0.827 bits per heavy atom. The normalized spacial score (nSPS) is 20.1. The van der Waals surface area contributed by atoms with E-state index in [1.54, 1.807) is 7.11 Å². The van der Waals surface area contributed by atoms with Gasteiger partial charge in [-0.1, -0.05) is 93.6 Å². The molecular formula is C38H50N2O8PSSi2+. The second-order valence-electron chi connectivity index (χ2n) is 15.4. The molecule has 0 amide bonds. The molecule has 0 aliphatic carbocycles. The maximum atomic E-state index is 13.3. The van der Waals surface area contributed by atoms with Gasteiger partial charge in [-0.15, -0.1) is 4.52 Å². The van der Waals surface area contributed by atoms with Gasteiger partial charge in [-0.3, -0.25) is 14.3 Å². The van der Waals surface area contributed by atoms with E-state index in [1.165, 1.54) is 16.8 Å². The van der Waals surface area contributed by atoms with E-state index in [2.05, 4.69) is 58.5 Å². The second-order valence-corrected chi connectivity index (χ2v) is 26.6. The van der Waals surface area contributed by atoms with Gasteiger partial charge in [0.2, 0.25) is 11.8 Å². The third-order valence-corrected chi connectivity index (χ3v) is 18.1. The van der Waals surface area contributed by atoms with Crippen molar-refractivity contribution in [2.45, 2.75) is 88.7 Å². The topological polar surface area (TPSA) is 110 Å². The van der Waals surface area contributed by atoms with Gasteiger partial charge in [0.25, 0.3) is 13.9 Å². The highest BCUT2D eigenvalue weighted by Gasteiger charge is 2.55. The standard InChI is InChI=1S/C38H49N2O8PSSi2/c1-37(2,3)52(8,9)47-34-33(46-49(50)48-51(5,6)7)31(45-35(34)40-25-24-32(41)39-36(40)42)26-44-38(27-16-12-10-13-17-27,28-18-14-11-15-19-28)29-20-22-30(43-4)23-21-29/h10-25,31,33-35H,26H2,1-9H3/p+1/t31-,33-,34-,35-/m1/s1. The van der Waals surface area contributed by atoms with Crippen LogP contribution in [0.15, 0.2) is 107 Å². The van der Waals surface area contributed by atoms with Crippen molar-refractivity contribution in [1.29, 1.82) is 0 Å². The summed E-state index contributed by atoms with van der Waals surface area (Å²) in [6.07, 6.45) is -1.90. The van der Waals surface area contributed by atoms with Crippen molar-refractivity contribution in [2.24, 2.45) is 0 Å². The first-order chi connectivity index (χ1) is 24.4. The highest BCUT2D eigenvalue weighted by Crippen LogP contribution is 2.47. The Morgan fingerprint density at radius 3 is 1.88 bits per heavy atom. The van der Waals surface area contributed by atoms with Crippen LogP contribution in [-0.2, 0) is 40.0 Å². The third kappa shape index (κ3) is 8.98. The average molecular weight is 782 g/mol. The van der Waals surface area contributed by atoms with Crippen LogP contribution in [-0.4, -0.2) is 58.2 Å². The summed E-state index contributed by atoms with van der Waals surface area (Å²) in [6, 6.07) is 29.1. The molecule has 2 heterocycles. The Labute approximate surface area is 314 Å². The first-order valence-corrected chi connectivity index (χ1v) is 25.8. The van der Waals surface area contributed by atoms with Crippen LogP contribution in [0.3, 0.4) is 0 Å². The lowest BCUT2D eigenvalue weighted by molar-refractivity contribution is -0.0933. The predicted octanol–water partition coefficient (Wildman–Crippen LogP) is 7.85. The molecule has 5 rings (SSSR count). The molecule has 52 heavy (non-hydrogen) atoms. The van der Waals surface area contributed by atoms with Gasteiger partial charge >= 0.3 is 12.8 Å². The second kappa shape index (κ2) is 16.1. The molecule has 278 valence electrons. The molecule has 14 heteroatoms. The summed E-state index contributed by atoms with van der Waals surface area (Å²) in [4.78, 5) is 27.9. The molecule has 1 aromatic heterocycles. The van der Waals surface area contributed by atoms with Crippen LogP contribution in [0.2, 0.25) is 37.8 Å². The zero-order chi connectivity index (χ0) is 37.9. The molecule has 1 aliphatic rings. The molecule has 10 nitrogen and oxygen atoms in total. The largest absolute Gasteiger partial charge is 0.509 e. The van der Waals surface area contributed by atoms with E-state index < -0.39 is 65.2 Å². The van der Waals surface area contributed by atoms with Crippen LogP contribution >= 0.6 is 7.15 Å². The van der Waals surface area contributed by atoms with Crippen molar-refractivity contribution in [3.63, 3.8) is 0 Å². The molecule has 4 aromatic rings. The van der Waals surface area contributed by atoms with E-state index in [1.807, 2.05) is 84.9 Å². The number of methoxy groups -OCH3 is 1. The van der Waals surface area contributed by atoms with E-state index in [-0.39, 0.29) is 11.6 Å². The number of hydrogen-bond acceptors (Lipinski definition) is 9. The Bertz CT molecular complexity index is 1890. The number of ether oxygens (including phenoxy) is 3. The fourth-order valence-corrected chi connectivity index (χ4v) is 11.9. The van der Waals surface area contributed by atoms with Crippen LogP contribution < -0.4 is 16.0 Å². The molecule has 1 N–H and O–H groups in total. The van der Waals surface area contributed by atoms with Crippen LogP contribution in [0.25, 0.3) is 0 Å². The fourth-order valence-electron chi connectivity index (χ4n) is 5.94. The summed E-state index contributed by atoms with van der Waals surface area (Å²) >= 11 is 5.84. The van der Waals surface area contributed by atoms with Crippen LogP contribution in [0.1, 0.15) is 43.7 Å². The van der Waals surface area contributed by atoms with Gasteiger partial charge in [-0.05, 0) is 66.6 Å². The highest BCUT2D eigenvalue weighted by molar-refractivity contribution is 8.01. The molecule has 0 spiro atoms. The quantitative estimate of drug-likeness (QED) is 0.0777. The van der Waals surface area contributed by atoms with Crippen molar-refractivity contribution in [2.75, 3.05) is 13.7 Å². The maximum absolute atomic E-state index is 13.3. The summed E-state index contributed by atoms with van der Waals surface area (Å²) in [7, 11) is -4.79. The zero-order valence-corrected chi connectivity index (χ0v) is 35.0. The number of nitrogens with one attached hydrogen (secondary N) is 1. The molecule has 1 aliphatic heterocycles. The van der Waals surface area contributed by atoms with Gasteiger partial charge in [0.05, 0.1) is 13.7 Å². The number of nitrogens with zero attached hydrogens (tertiary/aromatic N) is 1. The Balaban J connectivity index is 1.66. The van der Waals surface area contributed by atoms with Crippen molar-refractivity contribution >= 4 is 35.6 Å². The van der Waals surface area contributed by atoms with Gasteiger partial charge in [-0.25, -0.2) is 4.79 Å². The SMILES string of the molecule is COc1ccc(C(OC[C@H]2O[C@@H](n3ccc(=O)[nH]c3=O)[C@H](O[Si](C)(C)C(C)(C)C)[C@@H]2O[P+](=S)O[Si](C)(C)C)(c2ccccc2)c2ccccc2)cc1. The fraction of sp³-hybridized carbons (Fsp3) is 0.421. The van der Waals surface area contributed by atoms with Crippen molar-refractivity contribution < 1.29 is 27.4 Å². The first kappa shape index (κ1) is 40.1. The molecular weight excluding hydrogens is 732 g/mol. The van der Waals surface area contributed by atoms with E-state index in [4.69, 9.17) is 39.2 Å². The van der Waals surface area contributed by atoms with E-state index in [0.29, 0.717) is 5.75 Å². The van der Waals surface area contributed by atoms with Gasteiger partial charge in [0, 0.05) is 12.3 Å². The van der Waals surface area contributed by atoms with Crippen LogP contribution in [0, 0.1) is 0 Å². The van der Waals surface area contributed by atoms with E-state index >= 15 is 0 Å². The molecule has 0 bridgehead atoms. The summed E-state index contributed by atoms with van der Waals surface area (Å²) in [5.41, 5.74) is 0.437. The number of H-pyrrole nitrogens is 1. The Kier molecular flexibility index (Phi) is 12.4. The minimum atomic E-state index is -2.53. The zero-order valence-electron chi connectivity index (χ0n) is 31.3. The van der Waals surface area contributed by atoms with E-state index in [0.717, 1.165) is 16.7 Å². The van der Waals surface area contributed by atoms with Crippen LogP contribution in [0.5, 0.6) is 5.75 Å². The van der Waals surface area contributed by atoms with Gasteiger partial charge in [0.15, 0.2) is 20.6 Å². The minimum Gasteiger partial charge on any atom is -0.497 e. The number of hydrogen-bond donors (Lipinski definition) is 1. The van der Waals surface area contributed by atoms with E-state index in [9.17, 15) is 9.59 Å². The highest BCUT2D eigenvalue weighted by atomic mass is 32.4. The molecule has 3 aromatic carbocycles. The lowest BCUT2D eigenvalue weighted by atomic mass is 9.80. The van der Waals surface area contributed by atoms with Crippen molar-refractivity contribution in [3.05, 3.63) is 135 Å². The molecule has 1 unspecified atom stereocenters. The minimum absolute atomic E-state index is 0.0118. The summed E-state index contributed by atoms with van der Waals surface area (Å²) in [5.74, 6) is 0.715. The molecule has 0 saturated carbocycles. The number of benzene rings is 3. The number of aromatic nitrogens is 2. The first-order valence-electron chi connectivity index (χ1n) is 17.3. The summed E-state index contributed by atoms with van der Waals surface area (Å²) in [5, 5.41) is -0.190. The lowest BCUT2D eigenvalue weighted by Crippen LogP contribution is -2.50. The van der Waals surface area contributed by atoms with Crippen molar-refractivity contribution in [3.8, 4) is 5.75 Å². The smallest absolute Gasteiger partial charge is 0.497 e. The number of aromatic amines is 1. The molecule has 1 fully saturated rings. The monoisotopic (exact) mass is 781 g/mol. The van der Waals surface area contributed by atoms with Gasteiger partial charge in [-0.2, -0.15) is 4.21 Å². The lowest BCUT2D eigenvalue weighted by Gasteiger charge is -2.40. The maximum Gasteiger partial charge on any atom is 0.509 e. The predicted molar refractivity (Wildman–Crippen MR) is 213 cm³/mol. The number of rotatable bonds is 14. The summed E-state index contributed by atoms with van der Waals surface area (Å²) in [6.45, 7) is 16.9. The van der Waals surface area contributed by atoms with Gasteiger partial charge in [0.1, 0.15) is 23.6 Å². The average Bonchev–Trinajstić information content (AvgIpc) is 3.40. The molecule has 0 radical (unpaired) electrons. The molecule has 5 atom stereocenters.